The van der Waals surface area contributed by atoms with Crippen molar-refractivity contribution < 1.29 is 25.8 Å². The van der Waals surface area contributed by atoms with Gasteiger partial charge in [0.2, 0.25) is 0 Å². The van der Waals surface area contributed by atoms with Gasteiger partial charge in [0.15, 0.2) is 0 Å². The minimum Gasteiger partial charge on any atom is -0.338 e. The summed E-state index contributed by atoms with van der Waals surface area (Å²) in [5, 5.41) is 0. The molecule has 0 radical (unpaired) electrons. The predicted octanol–water partition coefficient (Wildman–Crippen LogP) is 1.22. The van der Waals surface area contributed by atoms with Crippen LogP contribution in [0.15, 0.2) is 12.5 Å². The van der Waals surface area contributed by atoms with Gasteiger partial charge < -0.3 is 4.57 Å². The molecule has 0 saturated carbocycles. The zero-order chi connectivity index (χ0) is 13.1. The number of alkyl halides is 3. The standard InChI is InChI=1S/C8H11F3N2O3S/c1-13-6-12-5-7(13)3-2-4-16-17(14,15)8(9,10)11/h5-6H,2-4H2,1H3. The van der Waals surface area contributed by atoms with Crippen molar-refractivity contribution in [2.24, 2.45) is 7.05 Å². The lowest BCUT2D eigenvalue weighted by Crippen LogP contribution is -2.26. The van der Waals surface area contributed by atoms with Crippen LogP contribution >= 0.6 is 0 Å². The molecular weight excluding hydrogens is 261 g/mol. The molecule has 0 aliphatic rings. The quantitative estimate of drug-likeness (QED) is 0.459. The molecule has 1 heterocycles. The molecule has 17 heavy (non-hydrogen) atoms. The second-order valence-electron chi connectivity index (χ2n) is 3.32. The molecule has 0 saturated heterocycles. The van der Waals surface area contributed by atoms with Crippen molar-refractivity contribution in [2.45, 2.75) is 18.3 Å². The van der Waals surface area contributed by atoms with E-state index in [1.165, 1.54) is 0 Å². The van der Waals surface area contributed by atoms with E-state index in [0.717, 1.165) is 5.69 Å². The molecule has 0 spiro atoms. The first kappa shape index (κ1) is 14.0. The lowest BCUT2D eigenvalue weighted by atomic mass is 10.2. The summed E-state index contributed by atoms with van der Waals surface area (Å²) in [6.07, 6.45) is 3.65. The van der Waals surface area contributed by atoms with Crippen LogP contribution in [-0.2, 0) is 27.8 Å². The lowest BCUT2D eigenvalue weighted by molar-refractivity contribution is -0.0542. The normalized spacial score (nSPS) is 12.9. The van der Waals surface area contributed by atoms with Gasteiger partial charge in [0.05, 0.1) is 12.9 Å². The highest BCUT2D eigenvalue weighted by atomic mass is 32.2. The molecule has 0 N–H and O–H groups in total. The molecule has 0 aliphatic heterocycles. The number of imidazole rings is 1. The van der Waals surface area contributed by atoms with Gasteiger partial charge in [-0.05, 0) is 12.8 Å². The highest BCUT2D eigenvalue weighted by Crippen LogP contribution is 2.24. The lowest BCUT2D eigenvalue weighted by Gasteiger charge is -2.08. The Bertz CT molecular complexity index is 467. The summed E-state index contributed by atoms with van der Waals surface area (Å²) < 4.78 is 62.2. The van der Waals surface area contributed by atoms with Crippen LogP contribution in [0.4, 0.5) is 13.2 Å². The Hall–Kier alpha value is -1.09. The van der Waals surface area contributed by atoms with Gasteiger partial charge >= 0.3 is 15.6 Å². The first-order valence-electron chi connectivity index (χ1n) is 4.65. The average Bonchev–Trinajstić information content (AvgIpc) is 2.57. The minimum atomic E-state index is -5.47. The highest BCUT2D eigenvalue weighted by molar-refractivity contribution is 7.87. The molecule has 1 aromatic rings. The Morgan fingerprint density at radius 3 is 2.59 bits per heavy atom. The smallest absolute Gasteiger partial charge is 0.338 e. The van der Waals surface area contributed by atoms with E-state index < -0.39 is 22.2 Å². The molecule has 0 aliphatic carbocycles. The Balaban J connectivity index is 2.37. The SMILES string of the molecule is Cn1cncc1CCCOS(=O)(=O)C(F)(F)F. The molecule has 0 amide bonds. The molecule has 0 atom stereocenters. The van der Waals surface area contributed by atoms with Crippen LogP contribution in [0.3, 0.4) is 0 Å². The van der Waals surface area contributed by atoms with Crippen LogP contribution in [0.2, 0.25) is 0 Å². The molecule has 0 fully saturated rings. The molecule has 1 rings (SSSR count). The first-order valence-corrected chi connectivity index (χ1v) is 6.06. The number of aromatic nitrogens is 2. The van der Waals surface area contributed by atoms with Crippen LogP contribution in [0.25, 0.3) is 0 Å². The Morgan fingerprint density at radius 1 is 1.47 bits per heavy atom. The van der Waals surface area contributed by atoms with Gasteiger partial charge in [-0.3, -0.25) is 4.18 Å². The van der Waals surface area contributed by atoms with Crippen molar-refractivity contribution in [1.82, 2.24) is 9.55 Å². The van der Waals surface area contributed by atoms with Crippen LogP contribution < -0.4 is 0 Å². The Labute approximate surface area is 96.3 Å². The zero-order valence-corrected chi connectivity index (χ0v) is 9.75. The third kappa shape index (κ3) is 3.70. The summed E-state index contributed by atoms with van der Waals surface area (Å²) >= 11 is 0. The van der Waals surface area contributed by atoms with E-state index in [9.17, 15) is 21.6 Å². The fraction of sp³-hybridized carbons (Fsp3) is 0.625. The Morgan fingerprint density at radius 2 is 2.12 bits per heavy atom. The van der Waals surface area contributed by atoms with Crippen LogP contribution in [0, 0.1) is 0 Å². The topological polar surface area (TPSA) is 61.2 Å². The minimum absolute atomic E-state index is 0.162. The van der Waals surface area contributed by atoms with Crippen molar-refractivity contribution in [3.63, 3.8) is 0 Å². The second kappa shape index (κ2) is 5.05. The van der Waals surface area contributed by atoms with Gasteiger partial charge in [0, 0.05) is 18.9 Å². The molecule has 1 aromatic heterocycles. The summed E-state index contributed by atoms with van der Waals surface area (Å²) in [6, 6.07) is 0. The van der Waals surface area contributed by atoms with Gasteiger partial charge in [0.25, 0.3) is 0 Å². The second-order valence-corrected chi connectivity index (χ2v) is 4.93. The summed E-state index contributed by atoms with van der Waals surface area (Å²) in [7, 11) is -3.74. The number of hydrogen-bond acceptors (Lipinski definition) is 4. The number of aryl methyl sites for hydroxylation is 2. The fourth-order valence-corrected chi connectivity index (χ4v) is 1.59. The van der Waals surface area contributed by atoms with Gasteiger partial charge in [-0.1, -0.05) is 0 Å². The third-order valence-corrected chi connectivity index (χ3v) is 3.06. The van der Waals surface area contributed by atoms with Crippen molar-refractivity contribution >= 4 is 10.1 Å². The largest absolute Gasteiger partial charge is 0.523 e. The van der Waals surface area contributed by atoms with Crippen LogP contribution in [0.1, 0.15) is 12.1 Å². The monoisotopic (exact) mass is 272 g/mol. The van der Waals surface area contributed by atoms with E-state index in [1.807, 2.05) is 0 Å². The third-order valence-electron chi connectivity index (χ3n) is 2.02. The van der Waals surface area contributed by atoms with E-state index in [1.54, 1.807) is 24.1 Å². The zero-order valence-electron chi connectivity index (χ0n) is 8.94. The van der Waals surface area contributed by atoms with Crippen molar-refractivity contribution in [1.29, 1.82) is 0 Å². The maximum absolute atomic E-state index is 11.9. The Kier molecular flexibility index (Phi) is 4.15. The molecule has 0 bridgehead atoms. The maximum atomic E-state index is 11.9. The van der Waals surface area contributed by atoms with Crippen molar-refractivity contribution in [2.75, 3.05) is 6.61 Å². The van der Waals surface area contributed by atoms with Gasteiger partial charge in [0.1, 0.15) is 0 Å². The van der Waals surface area contributed by atoms with E-state index in [-0.39, 0.29) is 6.42 Å². The number of halogens is 3. The number of rotatable bonds is 5. The van der Waals surface area contributed by atoms with E-state index >= 15 is 0 Å². The van der Waals surface area contributed by atoms with Gasteiger partial charge in [-0.25, -0.2) is 4.98 Å². The average molecular weight is 272 g/mol. The maximum Gasteiger partial charge on any atom is 0.523 e. The molecule has 98 valence electrons. The van der Waals surface area contributed by atoms with Crippen LogP contribution in [0.5, 0.6) is 0 Å². The molecule has 0 aromatic carbocycles. The molecule has 9 heteroatoms. The summed E-state index contributed by atoms with van der Waals surface area (Å²) in [5.41, 5.74) is -4.57. The summed E-state index contributed by atoms with van der Waals surface area (Å²) in [4.78, 5) is 3.81. The highest BCUT2D eigenvalue weighted by Gasteiger charge is 2.47. The van der Waals surface area contributed by atoms with E-state index in [4.69, 9.17) is 0 Å². The predicted molar refractivity (Wildman–Crippen MR) is 52.5 cm³/mol. The van der Waals surface area contributed by atoms with E-state index in [2.05, 4.69) is 9.17 Å². The molecular formula is C8H11F3N2O3S. The molecule has 0 unspecified atom stereocenters. The summed E-state index contributed by atoms with van der Waals surface area (Å²) in [6.45, 7) is -0.507. The molecule has 5 nitrogen and oxygen atoms in total. The summed E-state index contributed by atoms with van der Waals surface area (Å²) in [5.74, 6) is 0. The van der Waals surface area contributed by atoms with Crippen molar-refractivity contribution in [3.8, 4) is 0 Å². The number of nitrogens with zero attached hydrogens (tertiary/aromatic N) is 2. The van der Waals surface area contributed by atoms with Crippen LogP contribution in [-0.4, -0.2) is 30.1 Å². The van der Waals surface area contributed by atoms with Gasteiger partial charge in [-0.15, -0.1) is 0 Å². The van der Waals surface area contributed by atoms with Gasteiger partial charge in [-0.2, -0.15) is 21.6 Å². The fourth-order valence-electron chi connectivity index (χ4n) is 1.11. The first-order chi connectivity index (χ1) is 7.74. The van der Waals surface area contributed by atoms with Crippen molar-refractivity contribution in [3.05, 3.63) is 18.2 Å². The van der Waals surface area contributed by atoms with E-state index in [0.29, 0.717) is 6.42 Å². The number of hydrogen-bond donors (Lipinski definition) is 0.